The standard InChI is InChI=1S/C10H13F2NO2/c1-5(4-13)8-6(11)3-7(12)10(15-2)9(8)14/h3,5,14H,4,13H2,1-2H3. The molecule has 0 aromatic heterocycles. The Kier molecular flexibility index (Phi) is 3.47. The van der Waals surface area contributed by atoms with Gasteiger partial charge in [-0.2, -0.15) is 0 Å². The van der Waals surface area contributed by atoms with Crippen LogP contribution in [0.5, 0.6) is 11.5 Å². The molecule has 0 saturated carbocycles. The highest BCUT2D eigenvalue weighted by Gasteiger charge is 2.22. The smallest absolute Gasteiger partial charge is 0.197 e. The second-order valence-electron chi connectivity index (χ2n) is 3.27. The third-order valence-corrected chi connectivity index (χ3v) is 2.25. The number of nitrogens with two attached hydrogens (primary N) is 1. The van der Waals surface area contributed by atoms with E-state index in [4.69, 9.17) is 5.73 Å². The van der Waals surface area contributed by atoms with Gasteiger partial charge in [-0.1, -0.05) is 6.92 Å². The monoisotopic (exact) mass is 217 g/mol. The Labute approximate surface area is 86.5 Å². The van der Waals surface area contributed by atoms with Gasteiger partial charge in [0.2, 0.25) is 0 Å². The Morgan fingerprint density at radius 3 is 2.53 bits per heavy atom. The molecular formula is C10H13F2NO2. The zero-order chi connectivity index (χ0) is 11.6. The lowest BCUT2D eigenvalue weighted by Crippen LogP contribution is -2.11. The van der Waals surface area contributed by atoms with Crippen LogP contribution >= 0.6 is 0 Å². The normalized spacial score (nSPS) is 12.6. The third-order valence-electron chi connectivity index (χ3n) is 2.25. The first-order valence-corrected chi connectivity index (χ1v) is 4.47. The number of hydrogen-bond donors (Lipinski definition) is 2. The summed E-state index contributed by atoms with van der Waals surface area (Å²) in [5.41, 5.74) is 5.34. The largest absolute Gasteiger partial charge is 0.504 e. The van der Waals surface area contributed by atoms with Gasteiger partial charge in [-0.15, -0.1) is 0 Å². The molecule has 0 fully saturated rings. The Morgan fingerprint density at radius 2 is 2.07 bits per heavy atom. The lowest BCUT2D eigenvalue weighted by atomic mass is 9.99. The summed E-state index contributed by atoms with van der Waals surface area (Å²) in [5.74, 6) is -3.02. The minimum atomic E-state index is -0.930. The zero-order valence-corrected chi connectivity index (χ0v) is 8.55. The van der Waals surface area contributed by atoms with Crippen molar-refractivity contribution in [2.24, 2.45) is 5.73 Å². The molecule has 1 unspecified atom stereocenters. The van der Waals surface area contributed by atoms with Crippen molar-refractivity contribution in [2.75, 3.05) is 13.7 Å². The Morgan fingerprint density at radius 1 is 1.47 bits per heavy atom. The maximum atomic E-state index is 13.4. The van der Waals surface area contributed by atoms with Gasteiger partial charge in [0.15, 0.2) is 17.3 Å². The van der Waals surface area contributed by atoms with Gasteiger partial charge in [-0.25, -0.2) is 8.78 Å². The molecule has 0 bridgehead atoms. The molecule has 0 aliphatic carbocycles. The van der Waals surface area contributed by atoms with Crippen LogP contribution in [0.15, 0.2) is 6.07 Å². The lowest BCUT2D eigenvalue weighted by Gasteiger charge is -2.15. The van der Waals surface area contributed by atoms with E-state index in [9.17, 15) is 13.9 Å². The SMILES string of the molecule is COc1c(F)cc(F)c(C(C)CN)c1O. The van der Waals surface area contributed by atoms with E-state index in [0.29, 0.717) is 6.07 Å². The molecule has 84 valence electrons. The molecule has 0 saturated heterocycles. The van der Waals surface area contributed by atoms with Gasteiger partial charge < -0.3 is 15.6 Å². The number of methoxy groups -OCH3 is 1. The van der Waals surface area contributed by atoms with Gasteiger partial charge in [0.1, 0.15) is 5.82 Å². The second-order valence-corrected chi connectivity index (χ2v) is 3.27. The van der Waals surface area contributed by atoms with Gasteiger partial charge in [0.05, 0.1) is 7.11 Å². The predicted octanol–water partition coefficient (Wildman–Crippen LogP) is 1.74. The molecular weight excluding hydrogens is 204 g/mol. The Balaban J connectivity index is 3.38. The van der Waals surface area contributed by atoms with Crippen LogP contribution in [0.3, 0.4) is 0 Å². The maximum absolute atomic E-state index is 13.4. The van der Waals surface area contributed by atoms with Crippen LogP contribution in [0.2, 0.25) is 0 Å². The molecule has 0 aliphatic heterocycles. The van der Waals surface area contributed by atoms with Crippen LogP contribution < -0.4 is 10.5 Å². The van der Waals surface area contributed by atoms with Gasteiger partial charge >= 0.3 is 0 Å². The van der Waals surface area contributed by atoms with E-state index in [1.54, 1.807) is 6.92 Å². The van der Waals surface area contributed by atoms with Crippen LogP contribution in [0, 0.1) is 11.6 Å². The van der Waals surface area contributed by atoms with Crippen LogP contribution in [-0.2, 0) is 0 Å². The lowest BCUT2D eigenvalue weighted by molar-refractivity contribution is 0.342. The number of phenols is 1. The topological polar surface area (TPSA) is 55.5 Å². The molecule has 0 radical (unpaired) electrons. The van der Waals surface area contributed by atoms with Gasteiger partial charge in [0, 0.05) is 17.5 Å². The van der Waals surface area contributed by atoms with Crippen molar-refractivity contribution in [1.82, 2.24) is 0 Å². The van der Waals surface area contributed by atoms with Gasteiger partial charge in [-0.05, 0) is 6.54 Å². The molecule has 1 rings (SSSR count). The summed E-state index contributed by atoms with van der Waals surface area (Å²) >= 11 is 0. The average molecular weight is 217 g/mol. The highest BCUT2D eigenvalue weighted by Crippen LogP contribution is 2.38. The van der Waals surface area contributed by atoms with Gasteiger partial charge in [-0.3, -0.25) is 0 Å². The van der Waals surface area contributed by atoms with Crippen LogP contribution in [-0.4, -0.2) is 18.8 Å². The van der Waals surface area contributed by atoms with E-state index >= 15 is 0 Å². The van der Waals surface area contributed by atoms with Gasteiger partial charge in [0.25, 0.3) is 0 Å². The first-order chi connectivity index (χ1) is 7.02. The molecule has 15 heavy (non-hydrogen) atoms. The molecule has 0 amide bonds. The molecule has 1 aromatic carbocycles. The summed E-state index contributed by atoms with van der Waals surface area (Å²) in [5, 5.41) is 9.59. The number of aromatic hydroxyl groups is 1. The number of benzene rings is 1. The first kappa shape index (κ1) is 11.7. The summed E-state index contributed by atoms with van der Waals surface area (Å²) in [6.45, 7) is 1.79. The first-order valence-electron chi connectivity index (χ1n) is 4.47. The number of halogens is 2. The minimum Gasteiger partial charge on any atom is -0.504 e. The third kappa shape index (κ3) is 2.02. The fourth-order valence-electron chi connectivity index (χ4n) is 1.38. The molecule has 1 atom stereocenters. The van der Waals surface area contributed by atoms with E-state index in [-0.39, 0.29) is 17.9 Å². The van der Waals surface area contributed by atoms with Crippen LogP contribution in [0.25, 0.3) is 0 Å². The second kappa shape index (κ2) is 4.44. The van der Waals surface area contributed by atoms with Crippen molar-refractivity contribution >= 4 is 0 Å². The summed E-state index contributed by atoms with van der Waals surface area (Å²) in [6, 6.07) is 0.681. The van der Waals surface area contributed by atoms with Crippen molar-refractivity contribution in [3.8, 4) is 11.5 Å². The molecule has 3 nitrogen and oxygen atoms in total. The summed E-state index contributed by atoms with van der Waals surface area (Å²) in [6.07, 6.45) is 0. The van der Waals surface area contributed by atoms with E-state index in [0.717, 1.165) is 0 Å². The quantitative estimate of drug-likeness (QED) is 0.810. The van der Waals surface area contributed by atoms with E-state index in [2.05, 4.69) is 4.74 Å². The molecule has 5 heteroatoms. The average Bonchev–Trinajstić information content (AvgIpc) is 2.17. The fraction of sp³-hybridized carbons (Fsp3) is 0.400. The van der Waals surface area contributed by atoms with Crippen molar-refractivity contribution in [1.29, 1.82) is 0 Å². The molecule has 0 spiro atoms. The molecule has 0 heterocycles. The van der Waals surface area contributed by atoms with Crippen LogP contribution in [0.4, 0.5) is 8.78 Å². The fourth-order valence-corrected chi connectivity index (χ4v) is 1.38. The van der Waals surface area contributed by atoms with Crippen LogP contribution in [0.1, 0.15) is 18.4 Å². The summed E-state index contributed by atoms with van der Waals surface area (Å²) in [7, 11) is 1.20. The van der Waals surface area contributed by atoms with E-state index in [1.165, 1.54) is 7.11 Å². The summed E-state index contributed by atoms with van der Waals surface area (Å²) in [4.78, 5) is 0. The van der Waals surface area contributed by atoms with E-state index in [1.807, 2.05) is 0 Å². The summed E-state index contributed by atoms with van der Waals surface area (Å²) < 4.78 is 31.1. The van der Waals surface area contributed by atoms with Crippen molar-refractivity contribution in [2.45, 2.75) is 12.8 Å². The predicted molar refractivity (Wildman–Crippen MR) is 52.0 cm³/mol. The number of phenolic OH excluding ortho intramolecular Hbond substituents is 1. The van der Waals surface area contributed by atoms with Crippen molar-refractivity contribution in [3.05, 3.63) is 23.3 Å². The van der Waals surface area contributed by atoms with E-state index < -0.39 is 23.3 Å². The van der Waals surface area contributed by atoms with Crippen molar-refractivity contribution < 1.29 is 18.6 Å². The molecule has 3 N–H and O–H groups in total. The highest BCUT2D eigenvalue weighted by atomic mass is 19.1. The Bertz CT molecular complexity index is 369. The number of rotatable bonds is 3. The maximum Gasteiger partial charge on any atom is 0.197 e. The van der Waals surface area contributed by atoms with Crippen molar-refractivity contribution in [3.63, 3.8) is 0 Å². The number of ether oxygens (including phenoxy) is 1. The highest BCUT2D eigenvalue weighted by molar-refractivity contribution is 5.48. The minimum absolute atomic E-state index is 0.0178. The molecule has 0 aliphatic rings. The zero-order valence-electron chi connectivity index (χ0n) is 8.55. The number of hydrogen-bond acceptors (Lipinski definition) is 3. The Hall–Kier alpha value is -1.36. The molecule has 1 aromatic rings.